The maximum Gasteiger partial charge on any atom is 0.201 e. The third-order valence-electron chi connectivity index (χ3n) is 7.62. The van der Waals surface area contributed by atoms with Crippen molar-refractivity contribution in [3.8, 4) is 11.5 Å². The fourth-order valence-electron chi connectivity index (χ4n) is 6.51. The number of aliphatic imine (C=N–C) groups is 1. The van der Waals surface area contributed by atoms with Gasteiger partial charge in [-0.15, -0.1) is 0 Å². The van der Waals surface area contributed by atoms with E-state index in [4.69, 9.17) is 19.2 Å². The Morgan fingerprint density at radius 1 is 1.31 bits per heavy atom. The Hall–Kier alpha value is -2.01. The molecule has 1 spiro atoms. The summed E-state index contributed by atoms with van der Waals surface area (Å²) in [6, 6.07) is 5.16. The molecule has 6 heterocycles. The van der Waals surface area contributed by atoms with E-state index in [-0.39, 0.29) is 5.41 Å². The standard InChI is InChI=1S/C21H24N2O3/c1-4-11-9-23-16-8-21-15-5-12(24-2)6-17(25-3)19(15)22-20(21)26-10-14(16)13(11)7-18(21)23/h4-6,13-14,16,18H,7-10H2,1-3H3/b11-4-/t13-,14+,16+,18+,21-/m1/s1. The summed E-state index contributed by atoms with van der Waals surface area (Å²) in [5, 5.41) is 0. The molecule has 5 saturated heterocycles. The lowest BCUT2D eigenvalue weighted by Crippen LogP contribution is -2.61. The van der Waals surface area contributed by atoms with Crippen LogP contribution in [0.2, 0.25) is 0 Å². The maximum atomic E-state index is 6.39. The van der Waals surface area contributed by atoms with Crippen LogP contribution in [0.1, 0.15) is 25.3 Å². The van der Waals surface area contributed by atoms with Crippen LogP contribution in [0, 0.1) is 11.8 Å². The number of nitrogens with zero attached hydrogens (tertiary/aromatic N) is 2. The summed E-state index contributed by atoms with van der Waals surface area (Å²) in [7, 11) is 3.42. The van der Waals surface area contributed by atoms with E-state index in [1.807, 2.05) is 6.07 Å². The Kier molecular flexibility index (Phi) is 2.80. The number of fused-ring (bicyclic) bond motifs is 2. The number of benzene rings is 1. The van der Waals surface area contributed by atoms with Crippen LogP contribution in [-0.4, -0.2) is 50.3 Å². The highest BCUT2D eigenvalue weighted by Crippen LogP contribution is 2.64. The number of rotatable bonds is 2. The molecule has 0 N–H and O–H groups in total. The van der Waals surface area contributed by atoms with Gasteiger partial charge in [-0.3, -0.25) is 4.90 Å². The fourth-order valence-corrected chi connectivity index (χ4v) is 6.51. The molecule has 5 heteroatoms. The molecule has 6 aliphatic heterocycles. The second-order valence-corrected chi connectivity index (χ2v) is 8.25. The molecule has 0 aliphatic carbocycles. The van der Waals surface area contributed by atoms with Gasteiger partial charge in [-0.2, -0.15) is 0 Å². The van der Waals surface area contributed by atoms with Crippen LogP contribution in [0.4, 0.5) is 5.69 Å². The van der Waals surface area contributed by atoms with Crippen LogP contribution < -0.4 is 9.47 Å². The second-order valence-electron chi connectivity index (χ2n) is 8.25. The predicted molar refractivity (Wildman–Crippen MR) is 98.5 cm³/mol. The van der Waals surface area contributed by atoms with Crippen molar-refractivity contribution in [3.63, 3.8) is 0 Å². The van der Waals surface area contributed by atoms with E-state index in [0.29, 0.717) is 23.9 Å². The van der Waals surface area contributed by atoms with Crippen LogP contribution in [0.5, 0.6) is 11.5 Å². The number of hydrogen-bond donors (Lipinski definition) is 0. The van der Waals surface area contributed by atoms with E-state index in [1.165, 1.54) is 12.0 Å². The van der Waals surface area contributed by atoms with Gasteiger partial charge in [0.2, 0.25) is 5.90 Å². The van der Waals surface area contributed by atoms with Gasteiger partial charge < -0.3 is 14.2 Å². The molecule has 0 radical (unpaired) electrons. The summed E-state index contributed by atoms with van der Waals surface area (Å²) in [5.41, 5.74) is 3.65. The number of ether oxygens (including phenoxy) is 3. The van der Waals surface area contributed by atoms with E-state index < -0.39 is 0 Å². The Morgan fingerprint density at radius 3 is 2.96 bits per heavy atom. The first-order valence-electron chi connectivity index (χ1n) is 9.60. The smallest absolute Gasteiger partial charge is 0.201 e. The zero-order valence-corrected chi connectivity index (χ0v) is 15.5. The SMILES string of the molecule is C/C=C1/CN2[C@H]3C[C@H]1[C@@H]1COC4=Nc5c(OC)cc(OC)cc5[C@@]43C[C@@H]12. The van der Waals surface area contributed by atoms with E-state index in [1.54, 1.807) is 19.8 Å². The molecule has 6 atom stereocenters. The van der Waals surface area contributed by atoms with Crippen molar-refractivity contribution in [2.75, 3.05) is 27.4 Å². The first kappa shape index (κ1) is 15.1. The van der Waals surface area contributed by atoms with Gasteiger partial charge in [0, 0.05) is 36.2 Å². The lowest BCUT2D eigenvalue weighted by Gasteiger charge is -2.54. The maximum absolute atomic E-state index is 6.39. The average Bonchev–Trinajstić information content (AvgIpc) is 3.04. The molecule has 136 valence electrons. The summed E-state index contributed by atoms with van der Waals surface area (Å²) in [4.78, 5) is 7.71. The second kappa shape index (κ2) is 4.83. The minimum absolute atomic E-state index is 0.134. The number of hydrogen-bond acceptors (Lipinski definition) is 5. The molecule has 26 heavy (non-hydrogen) atoms. The number of piperidine rings is 3. The number of methoxy groups -OCH3 is 2. The van der Waals surface area contributed by atoms with Gasteiger partial charge in [0.1, 0.15) is 17.2 Å². The average molecular weight is 352 g/mol. The first-order chi connectivity index (χ1) is 12.7. The molecule has 6 aliphatic rings. The van der Waals surface area contributed by atoms with E-state index >= 15 is 0 Å². The van der Waals surface area contributed by atoms with Gasteiger partial charge in [-0.25, -0.2) is 4.99 Å². The summed E-state index contributed by atoms with van der Waals surface area (Å²) in [5.74, 6) is 3.79. The topological polar surface area (TPSA) is 43.3 Å². The molecule has 1 aromatic carbocycles. The summed E-state index contributed by atoms with van der Waals surface area (Å²) in [6.07, 6.45) is 4.65. The van der Waals surface area contributed by atoms with E-state index in [0.717, 1.165) is 42.7 Å². The zero-order valence-electron chi connectivity index (χ0n) is 15.5. The van der Waals surface area contributed by atoms with Gasteiger partial charge in [0.15, 0.2) is 0 Å². The third-order valence-corrected chi connectivity index (χ3v) is 7.62. The van der Waals surface area contributed by atoms with Crippen molar-refractivity contribution < 1.29 is 14.2 Å². The highest BCUT2D eigenvalue weighted by atomic mass is 16.5. The summed E-state index contributed by atoms with van der Waals surface area (Å²) >= 11 is 0. The van der Waals surface area contributed by atoms with Gasteiger partial charge in [-0.05, 0) is 31.7 Å². The monoisotopic (exact) mass is 352 g/mol. The molecular formula is C21H24N2O3. The van der Waals surface area contributed by atoms with Crippen LogP contribution in [0.15, 0.2) is 28.8 Å². The molecule has 5 fully saturated rings. The highest BCUT2D eigenvalue weighted by Gasteiger charge is 2.69. The van der Waals surface area contributed by atoms with Crippen LogP contribution in [0.25, 0.3) is 0 Å². The van der Waals surface area contributed by atoms with Gasteiger partial charge in [0.05, 0.1) is 26.2 Å². The van der Waals surface area contributed by atoms with Crippen molar-refractivity contribution in [2.24, 2.45) is 16.8 Å². The van der Waals surface area contributed by atoms with Crippen molar-refractivity contribution in [2.45, 2.75) is 37.3 Å². The quantitative estimate of drug-likeness (QED) is 0.768. The Labute approximate surface area is 153 Å². The lowest BCUT2D eigenvalue weighted by molar-refractivity contribution is -0.0150. The third kappa shape index (κ3) is 1.51. The molecule has 1 unspecified atom stereocenters. The Morgan fingerprint density at radius 2 is 2.19 bits per heavy atom. The van der Waals surface area contributed by atoms with Crippen molar-refractivity contribution in [1.82, 2.24) is 4.90 Å². The van der Waals surface area contributed by atoms with Gasteiger partial charge >= 0.3 is 0 Å². The number of allylic oxidation sites excluding steroid dienone is 1. The van der Waals surface area contributed by atoms with Crippen LogP contribution >= 0.6 is 0 Å². The molecular weight excluding hydrogens is 328 g/mol. The molecule has 0 aromatic heterocycles. The fraction of sp³-hybridized carbons (Fsp3) is 0.571. The molecule has 0 amide bonds. The lowest BCUT2D eigenvalue weighted by atomic mass is 9.68. The molecule has 5 nitrogen and oxygen atoms in total. The Balaban J connectivity index is 1.58. The summed E-state index contributed by atoms with van der Waals surface area (Å²) < 4.78 is 17.6. The minimum Gasteiger partial charge on any atom is -0.497 e. The molecule has 0 saturated carbocycles. The molecule has 5 bridgehead atoms. The van der Waals surface area contributed by atoms with E-state index in [2.05, 4.69) is 24.0 Å². The summed E-state index contributed by atoms with van der Waals surface area (Å²) in [6.45, 7) is 4.08. The minimum atomic E-state index is -0.134. The Bertz CT molecular complexity index is 876. The van der Waals surface area contributed by atoms with E-state index in [9.17, 15) is 0 Å². The molecule has 1 aromatic rings. The molecule has 7 rings (SSSR count). The van der Waals surface area contributed by atoms with Crippen LogP contribution in [0.3, 0.4) is 0 Å². The van der Waals surface area contributed by atoms with Crippen LogP contribution in [-0.2, 0) is 10.2 Å². The van der Waals surface area contributed by atoms with Gasteiger partial charge in [0.25, 0.3) is 0 Å². The largest absolute Gasteiger partial charge is 0.497 e. The zero-order chi connectivity index (χ0) is 17.6. The van der Waals surface area contributed by atoms with Crippen molar-refractivity contribution in [1.29, 1.82) is 0 Å². The highest BCUT2D eigenvalue weighted by molar-refractivity contribution is 6.00. The van der Waals surface area contributed by atoms with Crippen molar-refractivity contribution >= 4 is 11.6 Å². The van der Waals surface area contributed by atoms with Gasteiger partial charge in [-0.1, -0.05) is 11.6 Å². The first-order valence-corrected chi connectivity index (χ1v) is 9.60. The normalized spacial score (nSPS) is 42.2. The van der Waals surface area contributed by atoms with Crippen molar-refractivity contribution in [3.05, 3.63) is 29.3 Å². The predicted octanol–water partition coefficient (Wildman–Crippen LogP) is 3.05.